The molecule has 0 aliphatic carbocycles. The number of carbonyl (C=O) groups excluding carboxylic acids is 2. The molecule has 2 aromatic carbocycles. The number of anilines is 1. The number of nitrogens with zero attached hydrogens (tertiary/aromatic N) is 2. The van der Waals surface area contributed by atoms with Gasteiger partial charge < -0.3 is 5.32 Å². The molecule has 0 aromatic heterocycles. The fraction of sp³-hybridized carbons (Fsp3) is 0.286. The lowest BCUT2D eigenvalue weighted by Gasteiger charge is -2.31. The topological polar surface area (TPSA) is 73.2 Å². The van der Waals surface area contributed by atoms with Crippen LogP contribution in [-0.4, -0.2) is 24.9 Å². The van der Waals surface area contributed by atoms with Gasteiger partial charge in [0.25, 0.3) is 0 Å². The molecule has 2 amide bonds. The lowest BCUT2D eigenvalue weighted by Crippen LogP contribution is -2.41. The number of nitriles is 1. The highest BCUT2D eigenvalue weighted by Crippen LogP contribution is 2.52. The number of benzene rings is 2. The minimum absolute atomic E-state index is 0.175. The SMILES string of the molecule is CC1C(=O)N(c2cc(Cl)cc(Cl)c2)C(=O)[C@]12CNC[C@H]2c1ccc(C#N)cc1. The molecule has 2 heterocycles. The van der Waals surface area contributed by atoms with Crippen LogP contribution in [0.2, 0.25) is 10.0 Å². The molecular formula is C21H17Cl2N3O2. The second kappa shape index (κ2) is 6.89. The first-order valence-electron chi connectivity index (χ1n) is 8.94. The van der Waals surface area contributed by atoms with Crippen LogP contribution in [0.5, 0.6) is 0 Å². The quantitative estimate of drug-likeness (QED) is 0.760. The third-order valence-corrected chi connectivity index (χ3v) is 6.34. The zero-order chi connectivity index (χ0) is 20.1. The molecule has 0 bridgehead atoms. The molecule has 2 fully saturated rings. The zero-order valence-electron chi connectivity index (χ0n) is 15.1. The molecule has 2 saturated heterocycles. The molecule has 0 saturated carbocycles. The standard InChI is InChI=1S/C21H17Cl2N3O2/c1-12-19(27)26(17-7-15(22)6-16(23)8-17)20(28)21(12)11-25-10-18(21)14-4-2-13(9-24)3-5-14/h2-8,12,18,25H,10-11H2,1H3/t12?,18-,21+/m0/s1. The summed E-state index contributed by atoms with van der Waals surface area (Å²) in [5.41, 5.74) is 0.991. The van der Waals surface area contributed by atoms with Crippen LogP contribution < -0.4 is 10.2 Å². The fourth-order valence-corrected chi connectivity index (χ4v) is 4.95. The Balaban J connectivity index is 1.78. The van der Waals surface area contributed by atoms with Gasteiger partial charge in [-0.2, -0.15) is 5.26 Å². The predicted molar refractivity (Wildman–Crippen MR) is 107 cm³/mol. The van der Waals surface area contributed by atoms with Gasteiger partial charge in [0.2, 0.25) is 11.8 Å². The Kier molecular flexibility index (Phi) is 4.67. The Morgan fingerprint density at radius 3 is 2.39 bits per heavy atom. The number of carbonyl (C=O) groups is 2. The number of nitrogens with one attached hydrogen (secondary N) is 1. The Hall–Kier alpha value is -2.39. The van der Waals surface area contributed by atoms with E-state index in [2.05, 4.69) is 11.4 Å². The minimum Gasteiger partial charge on any atom is -0.315 e. The fourth-order valence-electron chi connectivity index (χ4n) is 4.43. The van der Waals surface area contributed by atoms with Crippen molar-refractivity contribution in [3.63, 3.8) is 0 Å². The third-order valence-electron chi connectivity index (χ3n) is 5.90. The van der Waals surface area contributed by atoms with E-state index in [1.807, 2.05) is 12.1 Å². The van der Waals surface area contributed by atoms with E-state index in [0.29, 0.717) is 34.4 Å². The van der Waals surface area contributed by atoms with E-state index in [9.17, 15) is 9.59 Å². The Morgan fingerprint density at radius 2 is 1.79 bits per heavy atom. The van der Waals surface area contributed by atoms with Gasteiger partial charge in [0.1, 0.15) is 0 Å². The molecule has 1 unspecified atom stereocenters. The van der Waals surface area contributed by atoms with Crippen molar-refractivity contribution in [2.24, 2.45) is 11.3 Å². The molecule has 5 nitrogen and oxygen atoms in total. The molecule has 3 atom stereocenters. The maximum atomic E-state index is 13.6. The Labute approximate surface area is 172 Å². The van der Waals surface area contributed by atoms with Crippen molar-refractivity contribution in [2.75, 3.05) is 18.0 Å². The molecule has 2 aromatic rings. The molecule has 1 N–H and O–H groups in total. The minimum atomic E-state index is -0.889. The molecule has 0 radical (unpaired) electrons. The maximum Gasteiger partial charge on any atom is 0.242 e. The van der Waals surface area contributed by atoms with Gasteiger partial charge >= 0.3 is 0 Å². The lowest BCUT2D eigenvalue weighted by atomic mass is 9.68. The smallest absolute Gasteiger partial charge is 0.242 e. The average molecular weight is 414 g/mol. The highest BCUT2D eigenvalue weighted by atomic mass is 35.5. The zero-order valence-corrected chi connectivity index (χ0v) is 16.6. The largest absolute Gasteiger partial charge is 0.315 e. The van der Waals surface area contributed by atoms with Crippen LogP contribution in [0.4, 0.5) is 5.69 Å². The normalized spacial score (nSPS) is 26.9. The Morgan fingerprint density at radius 1 is 1.14 bits per heavy atom. The van der Waals surface area contributed by atoms with E-state index in [1.54, 1.807) is 37.3 Å². The maximum absolute atomic E-state index is 13.6. The average Bonchev–Trinajstić information content (AvgIpc) is 3.19. The number of halogens is 2. The van der Waals surface area contributed by atoms with Crippen LogP contribution >= 0.6 is 23.2 Å². The molecule has 2 aliphatic rings. The monoisotopic (exact) mass is 413 g/mol. The molecule has 28 heavy (non-hydrogen) atoms. The van der Waals surface area contributed by atoms with Crippen molar-refractivity contribution >= 4 is 40.7 Å². The van der Waals surface area contributed by atoms with Crippen LogP contribution in [0.25, 0.3) is 0 Å². The summed E-state index contributed by atoms with van der Waals surface area (Å²) in [7, 11) is 0. The van der Waals surface area contributed by atoms with Crippen molar-refractivity contribution in [1.82, 2.24) is 5.32 Å². The number of rotatable bonds is 2. The van der Waals surface area contributed by atoms with Crippen LogP contribution in [0.15, 0.2) is 42.5 Å². The van der Waals surface area contributed by atoms with Gasteiger partial charge in [0.15, 0.2) is 0 Å². The summed E-state index contributed by atoms with van der Waals surface area (Å²) in [6.45, 7) is 2.80. The van der Waals surface area contributed by atoms with Crippen LogP contribution in [0.3, 0.4) is 0 Å². The van der Waals surface area contributed by atoms with Crippen molar-refractivity contribution in [1.29, 1.82) is 5.26 Å². The molecule has 142 valence electrons. The van der Waals surface area contributed by atoms with Crippen molar-refractivity contribution < 1.29 is 9.59 Å². The van der Waals surface area contributed by atoms with E-state index in [-0.39, 0.29) is 17.7 Å². The summed E-state index contributed by atoms with van der Waals surface area (Å²) in [6, 6.07) is 14.0. The molecule has 1 spiro atoms. The van der Waals surface area contributed by atoms with E-state index in [4.69, 9.17) is 28.5 Å². The van der Waals surface area contributed by atoms with Crippen LogP contribution in [0, 0.1) is 22.7 Å². The first kappa shape index (κ1) is 18.9. The van der Waals surface area contributed by atoms with E-state index >= 15 is 0 Å². The van der Waals surface area contributed by atoms with E-state index in [1.165, 1.54) is 4.90 Å². The van der Waals surface area contributed by atoms with Crippen LogP contribution in [0.1, 0.15) is 24.0 Å². The summed E-state index contributed by atoms with van der Waals surface area (Å²) in [6.07, 6.45) is 0. The van der Waals surface area contributed by atoms with Crippen molar-refractivity contribution in [3.8, 4) is 6.07 Å². The summed E-state index contributed by atoms with van der Waals surface area (Å²) in [5.74, 6) is -1.19. The van der Waals surface area contributed by atoms with Gasteiger partial charge in [-0.15, -0.1) is 0 Å². The first-order chi connectivity index (χ1) is 13.4. The Bertz CT molecular complexity index is 995. The lowest BCUT2D eigenvalue weighted by molar-refractivity contribution is -0.126. The summed E-state index contributed by atoms with van der Waals surface area (Å²) >= 11 is 12.2. The summed E-state index contributed by atoms with van der Waals surface area (Å²) in [5, 5.41) is 13.1. The van der Waals surface area contributed by atoms with E-state index < -0.39 is 11.3 Å². The number of amides is 2. The molecule has 7 heteroatoms. The van der Waals surface area contributed by atoms with Gasteiger partial charge in [0.05, 0.1) is 28.7 Å². The van der Waals surface area contributed by atoms with E-state index in [0.717, 1.165) is 5.56 Å². The number of hydrogen-bond acceptors (Lipinski definition) is 4. The molecule has 4 rings (SSSR count). The predicted octanol–water partition coefficient (Wildman–Crippen LogP) is 3.75. The van der Waals surface area contributed by atoms with Crippen molar-refractivity contribution in [2.45, 2.75) is 12.8 Å². The number of imide groups is 1. The van der Waals surface area contributed by atoms with Gasteiger partial charge in [-0.25, -0.2) is 4.90 Å². The highest BCUT2D eigenvalue weighted by molar-refractivity contribution is 6.35. The third kappa shape index (κ3) is 2.72. The second-order valence-corrected chi connectivity index (χ2v) is 8.16. The van der Waals surface area contributed by atoms with Gasteiger partial charge in [-0.05, 0) is 35.9 Å². The first-order valence-corrected chi connectivity index (χ1v) is 9.69. The highest BCUT2D eigenvalue weighted by Gasteiger charge is 2.63. The van der Waals surface area contributed by atoms with Crippen LogP contribution in [-0.2, 0) is 9.59 Å². The van der Waals surface area contributed by atoms with Gasteiger partial charge in [-0.1, -0.05) is 42.3 Å². The summed E-state index contributed by atoms with van der Waals surface area (Å²) in [4.78, 5) is 27.9. The van der Waals surface area contributed by atoms with Gasteiger partial charge in [0, 0.05) is 29.1 Å². The second-order valence-electron chi connectivity index (χ2n) is 7.29. The summed E-state index contributed by atoms with van der Waals surface area (Å²) < 4.78 is 0. The molecular weight excluding hydrogens is 397 g/mol. The number of hydrogen-bond donors (Lipinski definition) is 1. The molecule has 2 aliphatic heterocycles. The van der Waals surface area contributed by atoms with Gasteiger partial charge in [-0.3, -0.25) is 9.59 Å². The van der Waals surface area contributed by atoms with Crippen molar-refractivity contribution in [3.05, 3.63) is 63.6 Å².